The number of hydrogen-bond acceptors (Lipinski definition) is 4. The molecule has 6 heteroatoms. The van der Waals surface area contributed by atoms with Crippen LogP contribution in [0.5, 0.6) is 0 Å². The maximum Gasteiger partial charge on any atom is 0.339 e. The van der Waals surface area contributed by atoms with Crippen LogP contribution in [0.25, 0.3) is 0 Å². The van der Waals surface area contributed by atoms with Gasteiger partial charge in [-0.2, -0.15) is 0 Å². The van der Waals surface area contributed by atoms with Gasteiger partial charge in [-0.3, -0.25) is 4.79 Å². The first-order valence-corrected chi connectivity index (χ1v) is 5.27. The summed E-state index contributed by atoms with van der Waals surface area (Å²) in [6, 6.07) is 3.89. The Hall–Kier alpha value is -1.59. The molecule has 0 radical (unpaired) electrons. The first-order valence-electron chi connectivity index (χ1n) is 4.90. The lowest BCUT2D eigenvalue weighted by atomic mass is 10.2. The molecule has 1 aromatic carbocycles. The van der Waals surface area contributed by atoms with E-state index in [1.54, 1.807) is 13.0 Å². The van der Waals surface area contributed by atoms with Crippen LogP contribution in [0.1, 0.15) is 17.3 Å². The minimum atomic E-state index is -0.632. The van der Waals surface area contributed by atoms with Crippen LogP contribution >= 0.6 is 11.6 Å². The minimum absolute atomic E-state index is 0.191. The van der Waals surface area contributed by atoms with Crippen LogP contribution in [0.15, 0.2) is 18.2 Å². The molecule has 1 amide bonds. The topological polar surface area (TPSA) is 81.4 Å². The van der Waals surface area contributed by atoms with Crippen LogP contribution in [-0.4, -0.2) is 25.0 Å². The Morgan fingerprint density at radius 1 is 1.47 bits per heavy atom. The van der Waals surface area contributed by atoms with Gasteiger partial charge in [0.1, 0.15) is 0 Å². The molecular formula is C11H13ClN2O3. The summed E-state index contributed by atoms with van der Waals surface area (Å²) >= 11 is 5.83. The van der Waals surface area contributed by atoms with E-state index in [1.165, 1.54) is 19.2 Å². The summed E-state index contributed by atoms with van der Waals surface area (Å²) in [5.74, 6) is -0.907. The molecule has 0 saturated carbocycles. The van der Waals surface area contributed by atoms with E-state index in [2.05, 4.69) is 10.1 Å². The van der Waals surface area contributed by atoms with Crippen LogP contribution in [0.4, 0.5) is 5.69 Å². The van der Waals surface area contributed by atoms with Gasteiger partial charge in [0.15, 0.2) is 0 Å². The number of benzene rings is 1. The van der Waals surface area contributed by atoms with Crippen molar-refractivity contribution in [2.75, 3.05) is 12.4 Å². The molecule has 5 nitrogen and oxygen atoms in total. The summed E-state index contributed by atoms with van der Waals surface area (Å²) < 4.78 is 4.56. The lowest BCUT2D eigenvalue weighted by Crippen LogP contribution is -2.32. The van der Waals surface area contributed by atoms with E-state index in [-0.39, 0.29) is 16.5 Å². The number of halogens is 1. The number of carbonyl (C=O) groups is 2. The van der Waals surface area contributed by atoms with E-state index in [9.17, 15) is 9.59 Å². The Bertz CT molecular complexity index is 446. The number of hydrogen-bond donors (Lipinski definition) is 2. The molecule has 1 rings (SSSR count). The maximum atomic E-state index is 11.4. The predicted molar refractivity (Wildman–Crippen MR) is 65.1 cm³/mol. The second-order valence-corrected chi connectivity index (χ2v) is 3.87. The number of anilines is 1. The van der Waals surface area contributed by atoms with Crippen molar-refractivity contribution in [2.45, 2.75) is 13.0 Å². The Balaban J connectivity index is 2.97. The average molecular weight is 257 g/mol. The molecule has 0 aromatic heterocycles. The summed E-state index contributed by atoms with van der Waals surface area (Å²) in [5, 5.41) is 2.82. The molecule has 3 N–H and O–H groups in total. The summed E-state index contributed by atoms with van der Waals surface area (Å²) in [6.45, 7) is 1.56. The van der Waals surface area contributed by atoms with Crippen LogP contribution in [0.3, 0.4) is 0 Å². The molecule has 1 aromatic rings. The summed E-state index contributed by atoms with van der Waals surface area (Å²) in [5.41, 5.74) is 6.04. The third-order valence-corrected chi connectivity index (χ3v) is 2.38. The van der Waals surface area contributed by atoms with Crippen LogP contribution in [0.2, 0.25) is 5.02 Å². The van der Waals surface area contributed by atoms with E-state index in [0.717, 1.165) is 0 Å². The van der Waals surface area contributed by atoms with Crippen molar-refractivity contribution < 1.29 is 14.3 Å². The zero-order valence-corrected chi connectivity index (χ0v) is 10.2. The second-order valence-electron chi connectivity index (χ2n) is 3.46. The number of ether oxygens (including phenoxy) is 1. The molecule has 17 heavy (non-hydrogen) atoms. The fraction of sp³-hybridized carbons (Fsp3) is 0.273. The lowest BCUT2D eigenvalue weighted by Gasteiger charge is -2.09. The first-order chi connectivity index (χ1) is 7.95. The smallest absolute Gasteiger partial charge is 0.339 e. The highest BCUT2D eigenvalue weighted by molar-refractivity contribution is 6.33. The zero-order chi connectivity index (χ0) is 13.0. The maximum absolute atomic E-state index is 11.4. The van der Waals surface area contributed by atoms with Gasteiger partial charge in [-0.25, -0.2) is 4.79 Å². The summed E-state index contributed by atoms with van der Waals surface area (Å²) in [4.78, 5) is 22.7. The van der Waals surface area contributed by atoms with Crippen molar-refractivity contribution in [3.8, 4) is 0 Å². The van der Waals surface area contributed by atoms with E-state index in [0.29, 0.717) is 5.69 Å². The number of amides is 1. The Labute approximate surface area is 104 Å². The third kappa shape index (κ3) is 3.44. The third-order valence-electron chi connectivity index (χ3n) is 2.05. The quantitative estimate of drug-likeness (QED) is 0.802. The first kappa shape index (κ1) is 13.5. The SMILES string of the molecule is COC(=O)c1cc(NC(=O)[C@@H](C)N)ccc1Cl. The highest BCUT2D eigenvalue weighted by Crippen LogP contribution is 2.21. The van der Waals surface area contributed by atoms with Gasteiger partial charge in [0.25, 0.3) is 0 Å². The largest absolute Gasteiger partial charge is 0.465 e. The molecule has 0 heterocycles. The second kappa shape index (κ2) is 5.65. The van der Waals surface area contributed by atoms with E-state index in [4.69, 9.17) is 17.3 Å². The van der Waals surface area contributed by atoms with Gasteiger partial charge in [0, 0.05) is 5.69 Å². The predicted octanol–water partition coefficient (Wildman–Crippen LogP) is 1.41. The normalized spacial score (nSPS) is 11.8. The van der Waals surface area contributed by atoms with Gasteiger partial charge < -0.3 is 15.8 Å². The minimum Gasteiger partial charge on any atom is -0.465 e. The molecule has 0 aliphatic heterocycles. The molecule has 92 valence electrons. The Morgan fingerprint density at radius 2 is 2.12 bits per heavy atom. The van der Waals surface area contributed by atoms with Crippen molar-refractivity contribution in [1.29, 1.82) is 0 Å². The van der Waals surface area contributed by atoms with Crippen LogP contribution in [0, 0.1) is 0 Å². The van der Waals surface area contributed by atoms with Gasteiger partial charge in [-0.1, -0.05) is 11.6 Å². The number of rotatable bonds is 3. The van der Waals surface area contributed by atoms with Gasteiger partial charge in [0.2, 0.25) is 5.91 Å². The highest BCUT2D eigenvalue weighted by atomic mass is 35.5. The number of methoxy groups -OCH3 is 1. The molecular weight excluding hydrogens is 244 g/mol. The van der Waals surface area contributed by atoms with Crippen molar-refractivity contribution in [3.05, 3.63) is 28.8 Å². The van der Waals surface area contributed by atoms with Crippen molar-refractivity contribution in [1.82, 2.24) is 0 Å². The molecule has 0 saturated heterocycles. The Kier molecular flexibility index (Phi) is 4.48. The number of nitrogens with two attached hydrogens (primary N) is 1. The fourth-order valence-electron chi connectivity index (χ4n) is 1.13. The van der Waals surface area contributed by atoms with Crippen molar-refractivity contribution in [2.24, 2.45) is 5.73 Å². The molecule has 0 spiro atoms. The molecule has 1 atom stereocenters. The van der Waals surface area contributed by atoms with Gasteiger partial charge in [-0.05, 0) is 25.1 Å². The van der Waals surface area contributed by atoms with E-state index >= 15 is 0 Å². The van der Waals surface area contributed by atoms with Gasteiger partial charge >= 0.3 is 5.97 Å². The number of nitrogens with one attached hydrogen (secondary N) is 1. The zero-order valence-electron chi connectivity index (χ0n) is 9.49. The van der Waals surface area contributed by atoms with E-state index in [1.807, 2.05) is 0 Å². The number of carbonyl (C=O) groups excluding carboxylic acids is 2. The summed E-state index contributed by atoms with van der Waals surface area (Å²) in [6.07, 6.45) is 0. The highest BCUT2D eigenvalue weighted by Gasteiger charge is 2.13. The van der Waals surface area contributed by atoms with Gasteiger partial charge in [-0.15, -0.1) is 0 Å². The Morgan fingerprint density at radius 3 is 2.65 bits per heavy atom. The molecule has 0 aliphatic rings. The molecule has 0 unspecified atom stereocenters. The van der Waals surface area contributed by atoms with Gasteiger partial charge in [0.05, 0.1) is 23.7 Å². The van der Waals surface area contributed by atoms with Crippen molar-refractivity contribution in [3.63, 3.8) is 0 Å². The standard InChI is InChI=1S/C11H13ClN2O3/c1-6(13)10(15)14-7-3-4-9(12)8(5-7)11(16)17-2/h3-6H,13H2,1-2H3,(H,14,15)/t6-/m1/s1. The average Bonchev–Trinajstić information content (AvgIpc) is 2.30. The van der Waals surface area contributed by atoms with Crippen LogP contribution in [-0.2, 0) is 9.53 Å². The molecule has 0 aliphatic carbocycles. The lowest BCUT2D eigenvalue weighted by molar-refractivity contribution is -0.117. The van der Waals surface area contributed by atoms with Crippen molar-refractivity contribution >= 4 is 29.2 Å². The molecule has 0 fully saturated rings. The van der Waals surface area contributed by atoms with Crippen LogP contribution < -0.4 is 11.1 Å². The van der Waals surface area contributed by atoms with E-state index < -0.39 is 12.0 Å². The fourth-order valence-corrected chi connectivity index (χ4v) is 1.32. The monoisotopic (exact) mass is 256 g/mol. The molecule has 0 bridgehead atoms. The number of esters is 1. The summed E-state index contributed by atoms with van der Waals surface area (Å²) in [7, 11) is 1.26.